The van der Waals surface area contributed by atoms with E-state index in [1.807, 2.05) is 42.5 Å². The van der Waals surface area contributed by atoms with Gasteiger partial charge >= 0.3 is 0 Å². The highest BCUT2D eigenvalue weighted by atomic mass is 35.5. The second kappa shape index (κ2) is 7.56. The van der Waals surface area contributed by atoms with Gasteiger partial charge in [-0.25, -0.2) is 0 Å². The maximum absolute atomic E-state index is 8.76. The van der Waals surface area contributed by atoms with Crippen LogP contribution in [0.25, 0.3) is 0 Å². The van der Waals surface area contributed by atoms with E-state index in [4.69, 9.17) is 21.6 Å². The highest BCUT2D eigenvalue weighted by Gasteiger charge is 2.03. The molecular formula is C17H17ClN2O. The van der Waals surface area contributed by atoms with Gasteiger partial charge in [0.25, 0.3) is 0 Å². The van der Waals surface area contributed by atoms with Crippen molar-refractivity contribution in [3.63, 3.8) is 0 Å². The van der Waals surface area contributed by atoms with Crippen LogP contribution in [-0.4, -0.2) is 6.61 Å². The van der Waals surface area contributed by atoms with Crippen molar-refractivity contribution in [1.82, 2.24) is 0 Å². The fourth-order valence-corrected chi connectivity index (χ4v) is 2.08. The molecule has 1 N–H and O–H groups in total. The van der Waals surface area contributed by atoms with Gasteiger partial charge < -0.3 is 10.1 Å². The van der Waals surface area contributed by atoms with E-state index in [0.717, 1.165) is 17.7 Å². The lowest BCUT2D eigenvalue weighted by Crippen LogP contribution is -2.00. The third-order valence-corrected chi connectivity index (χ3v) is 3.27. The van der Waals surface area contributed by atoms with Crippen molar-refractivity contribution in [1.29, 1.82) is 5.26 Å². The first-order chi connectivity index (χ1) is 10.2. The quantitative estimate of drug-likeness (QED) is 0.847. The van der Waals surface area contributed by atoms with Crippen molar-refractivity contribution >= 4 is 17.3 Å². The van der Waals surface area contributed by atoms with Gasteiger partial charge in [-0.1, -0.05) is 30.7 Å². The SMILES string of the molecule is CCCOc1ccc(NCc2ccc(C#N)cc2)cc1Cl. The normalized spacial score (nSPS) is 9.95. The summed E-state index contributed by atoms with van der Waals surface area (Å²) in [6.45, 7) is 3.40. The van der Waals surface area contributed by atoms with E-state index in [2.05, 4.69) is 18.3 Å². The van der Waals surface area contributed by atoms with Crippen LogP contribution in [0.4, 0.5) is 5.69 Å². The predicted molar refractivity (Wildman–Crippen MR) is 85.7 cm³/mol. The fraction of sp³-hybridized carbons (Fsp3) is 0.235. The Labute approximate surface area is 130 Å². The standard InChI is InChI=1S/C17H17ClN2O/c1-2-9-21-17-8-7-15(10-16(17)18)20-12-14-5-3-13(11-19)4-6-14/h3-8,10,20H,2,9,12H2,1H3. The first-order valence-electron chi connectivity index (χ1n) is 6.88. The number of hydrogen-bond donors (Lipinski definition) is 1. The van der Waals surface area contributed by atoms with Crippen molar-refractivity contribution in [2.75, 3.05) is 11.9 Å². The predicted octanol–water partition coefficient (Wildman–Crippen LogP) is 4.61. The Morgan fingerprint density at radius 3 is 2.57 bits per heavy atom. The maximum atomic E-state index is 8.76. The van der Waals surface area contributed by atoms with Gasteiger partial charge in [0.2, 0.25) is 0 Å². The summed E-state index contributed by atoms with van der Waals surface area (Å²) >= 11 is 6.19. The molecule has 0 atom stereocenters. The van der Waals surface area contributed by atoms with Gasteiger partial charge in [0.1, 0.15) is 5.75 Å². The number of nitriles is 1. The largest absolute Gasteiger partial charge is 0.492 e. The van der Waals surface area contributed by atoms with Gasteiger partial charge in [-0.2, -0.15) is 5.26 Å². The molecule has 0 spiro atoms. The highest BCUT2D eigenvalue weighted by Crippen LogP contribution is 2.28. The maximum Gasteiger partial charge on any atom is 0.138 e. The summed E-state index contributed by atoms with van der Waals surface area (Å²) in [5.41, 5.74) is 2.71. The zero-order valence-corrected chi connectivity index (χ0v) is 12.7. The zero-order chi connectivity index (χ0) is 15.1. The van der Waals surface area contributed by atoms with Crippen molar-refractivity contribution in [3.8, 4) is 11.8 Å². The number of nitrogens with one attached hydrogen (secondary N) is 1. The number of hydrogen-bond acceptors (Lipinski definition) is 3. The highest BCUT2D eigenvalue weighted by molar-refractivity contribution is 6.32. The van der Waals surface area contributed by atoms with Gasteiger partial charge in [-0.15, -0.1) is 0 Å². The monoisotopic (exact) mass is 300 g/mol. The Morgan fingerprint density at radius 1 is 1.19 bits per heavy atom. The Kier molecular flexibility index (Phi) is 5.48. The molecule has 0 aliphatic rings. The van der Waals surface area contributed by atoms with Crippen LogP contribution in [0, 0.1) is 11.3 Å². The van der Waals surface area contributed by atoms with Gasteiger partial charge in [-0.3, -0.25) is 0 Å². The molecule has 0 aliphatic carbocycles. The summed E-state index contributed by atoms with van der Waals surface area (Å²) in [4.78, 5) is 0. The van der Waals surface area contributed by atoms with Crippen LogP contribution in [0.2, 0.25) is 5.02 Å². The topological polar surface area (TPSA) is 45.0 Å². The molecule has 0 aliphatic heterocycles. The first-order valence-corrected chi connectivity index (χ1v) is 7.26. The molecular weight excluding hydrogens is 284 g/mol. The van der Waals surface area contributed by atoms with E-state index in [9.17, 15) is 0 Å². The summed E-state index contributed by atoms with van der Waals surface area (Å²) in [5, 5.41) is 12.7. The molecule has 0 bridgehead atoms. The lowest BCUT2D eigenvalue weighted by Gasteiger charge is -2.10. The molecule has 0 saturated carbocycles. The smallest absolute Gasteiger partial charge is 0.138 e. The number of ether oxygens (including phenoxy) is 1. The van der Waals surface area contributed by atoms with E-state index in [0.29, 0.717) is 29.5 Å². The lowest BCUT2D eigenvalue weighted by molar-refractivity contribution is 0.317. The third-order valence-electron chi connectivity index (χ3n) is 2.97. The average Bonchev–Trinajstić information content (AvgIpc) is 2.52. The number of anilines is 1. The number of nitrogens with zero attached hydrogens (tertiary/aromatic N) is 1. The molecule has 21 heavy (non-hydrogen) atoms. The minimum Gasteiger partial charge on any atom is -0.492 e. The van der Waals surface area contributed by atoms with E-state index in [-0.39, 0.29) is 0 Å². The second-order valence-corrected chi connectivity index (χ2v) is 5.06. The zero-order valence-electron chi connectivity index (χ0n) is 11.9. The molecule has 0 saturated heterocycles. The summed E-state index contributed by atoms with van der Waals surface area (Å²) in [6, 6.07) is 15.3. The summed E-state index contributed by atoms with van der Waals surface area (Å²) in [6.07, 6.45) is 0.953. The lowest BCUT2D eigenvalue weighted by atomic mass is 10.1. The van der Waals surface area contributed by atoms with Crippen LogP contribution in [0.5, 0.6) is 5.75 Å². The van der Waals surface area contributed by atoms with Crippen molar-refractivity contribution < 1.29 is 4.74 Å². The van der Waals surface area contributed by atoms with E-state index in [1.54, 1.807) is 0 Å². The van der Waals surface area contributed by atoms with E-state index >= 15 is 0 Å². The number of benzene rings is 2. The van der Waals surface area contributed by atoms with E-state index < -0.39 is 0 Å². The van der Waals surface area contributed by atoms with E-state index in [1.165, 1.54) is 0 Å². The molecule has 0 fully saturated rings. The van der Waals surface area contributed by atoms with Gasteiger partial charge in [0.05, 0.1) is 23.3 Å². The van der Waals surface area contributed by atoms with Gasteiger partial charge in [0, 0.05) is 12.2 Å². The number of halogens is 1. The van der Waals surface area contributed by atoms with Crippen LogP contribution in [0.3, 0.4) is 0 Å². The fourth-order valence-electron chi connectivity index (χ4n) is 1.84. The third kappa shape index (κ3) is 4.40. The molecule has 0 unspecified atom stereocenters. The molecule has 2 rings (SSSR count). The van der Waals surface area contributed by atoms with Crippen LogP contribution in [0.1, 0.15) is 24.5 Å². The van der Waals surface area contributed by atoms with Gasteiger partial charge in [-0.05, 0) is 42.3 Å². The molecule has 3 nitrogen and oxygen atoms in total. The molecule has 0 heterocycles. The number of rotatable bonds is 6. The molecule has 108 valence electrons. The second-order valence-electron chi connectivity index (χ2n) is 4.66. The molecule has 0 radical (unpaired) electrons. The minimum atomic E-state index is 0.605. The van der Waals surface area contributed by atoms with Crippen molar-refractivity contribution in [3.05, 3.63) is 58.6 Å². The molecule has 0 amide bonds. The van der Waals surface area contributed by atoms with Crippen LogP contribution in [0.15, 0.2) is 42.5 Å². The van der Waals surface area contributed by atoms with Crippen molar-refractivity contribution in [2.24, 2.45) is 0 Å². The molecule has 4 heteroatoms. The van der Waals surface area contributed by atoms with Crippen LogP contribution in [-0.2, 0) is 6.54 Å². The molecule has 2 aromatic carbocycles. The minimum absolute atomic E-state index is 0.605. The Morgan fingerprint density at radius 2 is 1.95 bits per heavy atom. The van der Waals surface area contributed by atoms with Crippen LogP contribution < -0.4 is 10.1 Å². The Balaban J connectivity index is 1.96. The molecule has 2 aromatic rings. The summed E-state index contributed by atoms with van der Waals surface area (Å²) < 4.78 is 5.54. The summed E-state index contributed by atoms with van der Waals surface area (Å²) in [7, 11) is 0. The summed E-state index contributed by atoms with van der Waals surface area (Å²) in [5.74, 6) is 0.711. The van der Waals surface area contributed by atoms with Gasteiger partial charge in [0.15, 0.2) is 0 Å². The molecule has 0 aromatic heterocycles. The van der Waals surface area contributed by atoms with Crippen LogP contribution >= 0.6 is 11.6 Å². The van der Waals surface area contributed by atoms with Crippen molar-refractivity contribution in [2.45, 2.75) is 19.9 Å². The first kappa shape index (κ1) is 15.2. The Bertz CT molecular complexity index is 632. The average molecular weight is 301 g/mol. The Hall–Kier alpha value is -2.18.